The zero-order chi connectivity index (χ0) is 37.5. The fraction of sp³-hybridized carbons (Fsp3) is 0. The summed E-state index contributed by atoms with van der Waals surface area (Å²) in [6.07, 6.45) is 0. The zero-order valence-corrected chi connectivity index (χ0v) is 31.6. The van der Waals surface area contributed by atoms with Crippen LogP contribution in [0.4, 0.5) is 17.1 Å². The van der Waals surface area contributed by atoms with E-state index in [4.69, 9.17) is 4.42 Å². The number of nitrogens with zero attached hydrogens (tertiary/aromatic N) is 1. The number of para-hydroxylation sites is 1. The third kappa shape index (κ3) is 5.03. The fourth-order valence-electron chi connectivity index (χ4n) is 9.05. The second-order valence-corrected chi connectivity index (χ2v) is 15.9. The first-order chi connectivity index (χ1) is 28.3. The molecule has 2 aromatic heterocycles. The van der Waals surface area contributed by atoms with E-state index >= 15 is 0 Å². The Kier molecular flexibility index (Phi) is 7.13. The van der Waals surface area contributed by atoms with Crippen molar-refractivity contribution >= 4 is 103 Å². The second kappa shape index (κ2) is 12.7. The summed E-state index contributed by atoms with van der Waals surface area (Å²) in [5, 5.41) is 12.4. The van der Waals surface area contributed by atoms with Gasteiger partial charge < -0.3 is 9.32 Å². The lowest BCUT2D eigenvalue weighted by Crippen LogP contribution is -2.10. The van der Waals surface area contributed by atoms with Gasteiger partial charge >= 0.3 is 0 Å². The van der Waals surface area contributed by atoms with Crippen LogP contribution in [-0.4, -0.2) is 0 Å². The molecule has 12 aromatic rings. The van der Waals surface area contributed by atoms with E-state index in [2.05, 4.69) is 199 Å². The van der Waals surface area contributed by atoms with Crippen LogP contribution in [0.5, 0.6) is 0 Å². The minimum absolute atomic E-state index is 0.922. The molecule has 0 radical (unpaired) electrons. The standard InChI is InChI=1S/C54H33NOS/c1-2-11-34(12-3-1)35-21-27-39(28-22-35)55(46-33-38-13-4-5-14-41(38)43-15-6-7-16-44(43)46)40-29-23-36(24-30-40)42-18-10-20-49-53(42)54-50(57-49)32-26-37-25-31-48-52(51(37)54)45-17-8-9-19-47(45)56-48/h1-33H. The van der Waals surface area contributed by atoms with Crippen LogP contribution >= 0.6 is 11.3 Å². The fourth-order valence-corrected chi connectivity index (χ4v) is 10.2. The molecule has 0 saturated heterocycles. The largest absolute Gasteiger partial charge is 0.456 e. The number of thiophene rings is 1. The lowest BCUT2D eigenvalue weighted by atomic mass is 9.94. The van der Waals surface area contributed by atoms with E-state index in [1.165, 1.54) is 80.1 Å². The molecule has 0 N–H and O–H groups in total. The van der Waals surface area contributed by atoms with E-state index in [1.54, 1.807) is 0 Å². The predicted octanol–water partition coefficient (Wildman–Crippen LogP) is 16.2. The zero-order valence-electron chi connectivity index (χ0n) is 30.8. The Balaban J connectivity index is 1.06. The normalized spacial score (nSPS) is 11.9. The highest BCUT2D eigenvalue weighted by Crippen LogP contribution is 2.48. The lowest BCUT2D eigenvalue weighted by Gasteiger charge is -2.28. The summed E-state index contributed by atoms with van der Waals surface area (Å²) in [5.74, 6) is 0. The highest BCUT2D eigenvalue weighted by molar-refractivity contribution is 7.26. The summed E-state index contributed by atoms with van der Waals surface area (Å²) in [4.78, 5) is 2.42. The Labute approximate surface area is 333 Å². The van der Waals surface area contributed by atoms with E-state index in [0.717, 1.165) is 33.6 Å². The van der Waals surface area contributed by atoms with Gasteiger partial charge in [0.1, 0.15) is 11.2 Å². The van der Waals surface area contributed by atoms with Gasteiger partial charge in [0.25, 0.3) is 0 Å². The molecule has 10 aromatic carbocycles. The van der Waals surface area contributed by atoms with Gasteiger partial charge in [-0.25, -0.2) is 0 Å². The minimum atomic E-state index is 0.922. The van der Waals surface area contributed by atoms with E-state index in [-0.39, 0.29) is 0 Å². The van der Waals surface area contributed by atoms with Crippen molar-refractivity contribution < 1.29 is 4.42 Å². The maximum Gasteiger partial charge on any atom is 0.136 e. The number of benzene rings is 10. The Hall–Kier alpha value is -7.20. The highest BCUT2D eigenvalue weighted by Gasteiger charge is 2.20. The average Bonchev–Trinajstić information content (AvgIpc) is 3.86. The molecular formula is C54H33NOS. The molecule has 0 amide bonds. The first-order valence-corrected chi connectivity index (χ1v) is 20.2. The Morgan fingerprint density at radius 3 is 1.79 bits per heavy atom. The van der Waals surface area contributed by atoms with E-state index in [1.807, 2.05) is 17.4 Å². The van der Waals surface area contributed by atoms with Crippen LogP contribution in [0.3, 0.4) is 0 Å². The van der Waals surface area contributed by atoms with Crippen molar-refractivity contribution in [2.24, 2.45) is 0 Å². The lowest BCUT2D eigenvalue weighted by molar-refractivity contribution is 0.669. The van der Waals surface area contributed by atoms with Crippen molar-refractivity contribution in [3.05, 3.63) is 200 Å². The van der Waals surface area contributed by atoms with Gasteiger partial charge in [-0.15, -0.1) is 11.3 Å². The number of rotatable bonds is 5. The molecule has 0 saturated carbocycles. The number of hydrogen-bond donors (Lipinski definition) is 0. The van der Waals surface area contributed by atoms with Crippen LogP contribution in [0.25, 0.3) is 96.7 Å². The molecule has 0 spiro atoms. The van der Waals surface area contributed by atoms with Crippen molar-refractivity contribution in [1.82, 2.24) is 0 Å². The molecule has 0 unspecified atom stereocenters. The molecule has 57 heavy (non-hydrogen) atoms. The molecule has 2 heterocycles. The molecule has 0 aliphatic heterocycles. The molecule has 0 bridgehead atoms. The van der Waals surface area contributed by atoms with Crippen molar-refractivity contribution in [3.8, 4) is 22.3 Å². The van der Waals surface area contributed by atoms with Crippen molar-refractivity contribution in [1.29, 1.82) is 0 Å². The summed E-state index contributed by atoms with van der Waals surface area (Å²) >= 11 is 1.87. The van der Waals surface area contributed by atoms with Crippen molar-refractivity contribution in [2.75, 3.05) is 4.90 Å². The molecule has 0 fully saturated rings. The second-order valence-electron chi connectivity index (χ2n) is 14.8. The van der Waals surface area contributed by atoms with Gasteiger partial charge in [-0.3, -0.25) is 0 Å². The minimum Gasteiger partial charge on any atom is -0.456 e. The molecule has 3 heteroatoms. The molecule has 0 aliphatic rings. The van der Waals surface area contributed by atoms with Crippen LogP contribution in [0, 0.1) is 0 Å². The number of furan rings is 1. The molecule has 266 valence electrons. The Morgan fingerprint density at radius 2 is 0.982 bits per heavy atom. The predicted molar refractivity (Wildman–Crippen MR) is 245 cm³/mol. The van der Waals surface area contributed by atoms with Gasteiger partial charge in [-0.05, 0) is 98.4 Å². The summed E-state index contributed by atoms with van der Waals surface area (Å²) in [6.45, 7) is 0. The van der Waals surface area contributed by atoms with E-state index < -0.39 is 0 Å². The van der Waals surface area contributed by atoms with Crippen LogP contribution in [0.2, 0.25) is 0 Å². The van der Waals surface area contributed by atoms with Crippen LogP contribution in [0.1, 0.15) is 0 Å². The van der Waals surface area contributed by atoms with Gasteiger partial charge in [-0.2, -0.15) is 0 Å². The summed E-state index contributed by atoms with van der Waals surface area (Å²) < 4.78 is 8.97. The molecule has 0 atom stereocenters. The topological polar surface area (TPSA) is 16.4 Å². The number of hydrogen-bond acceptors (Lipinski definition) is 3. The smallest absolute Gasteiger partial charge is 0.136 e. The van der Waals surface area contributed by atoms with E-state index in [0.29, 0.717) is 0 Å². The van der Waals surface area contributed by atoms with Crippen LogP contribution in [0.15, 0.2) is 205 Å². The van der Waals surface area contributed by atoms with Crippen LogP contribution in [-0.2, 0) is 0 Å². The molecule has 2 nitrogen and oxygen atoms in total. The summed E-state index contributed by atoms with van der Waals surface area (Å²) in [6, 6.07) is 72.7. The third-order valence-corrected chi connectivity index (χ3v) is 12.8. The van der Waals surface area contributed by atoms with Crippen LogP contribution < -0.4 is 4.90 Å². The summed E-state index contributed by atoms with van der Waals surface area (Å²) in [7, 11) is 0. The quantitative estimate of drug-likeness (QED) is 0.163. The first-order valence-electron chi connectivity index (χ1n) is 19.4. The van der Waals surface area contributed by atoms with E-state index in [9.17, 15) is 0 Å². The average molecular weight is 744 g/mol. The van der Waals surface area contributed by atoms with Gasteiger partial charge in [-0.1, -0.05) is 146 Å². The van der Waals surface area contributed by atoms with Gasteiger partial charge in [0.05, 0.1) is 5.69 Å². The Bertz CT molecular complexity index is 3500. The monoisotopic (exact) mass is 743 g/mol. The Morgan fingerprint density at radius 1 is 0.351 bits per heavy atom. The third-order valence-electron chi connectivity index (χ3n) is 11.6. The number of fused-ring (bicyclic) bond motifs is 12. The van der Waals surface area contributed by atoms with Gasteiger partial charge in [0, 0.05) is 53.1 Å². The molecule has 12 rings (SSSR count). The highest BCUT2D eigenvalue weighted by atomic mass is 32.1. The summed E-state index contributed by atoms with van der Waals surface area (Å²) in [5.41, 5.74) is 10.0. The van der Waals surface area contributed by atoms with Gasteiger partial charge in [0.2, 0.25) is 0 Å². The first kappa shape index (κ1) is 32.1. The van der Waals surface area contributed by atoms with Gasteiger partial charge in [0.15, 0.2) is 0 Å². The molecular weight excluding hydrogens is 711 g/mol. The maximum absolute atomic E-state index is 6.40. The van der Waals surface area contributed by atoms with Crippen molar-refractivity contribution in [2.45, 2.75) is 0 Å². The molecule has 0 aliphatic carbocycles. The maximum atomic E-state index is 6.40. The van der Waals surface area contributed by atoms with Crippen molar-refractivity contribution in [3.63, 3.8) is 0 Å². The number of anilines is 3. The SMILES string of the molecule is c1ccc(-c2ccc(N(c3ccc(-c4cccc5sc6ccc7ccc8oc9ccccc9c8c7c6c45)cc3)c3cc4ccccc4c4ccccc34)cc2)cc1.